The van der Waals surface area contributed by atoms with Crippen LogP contribution in [0.4, 0.5) is 0 Å². The van der Waals surface area contributed by atoms with Crippen LogP contribution in [0, 0.1) is 0 Å². The van der Waals surface area contributed by atoms with E-state index in [9.17, 15) is 9.59 Å². The second-order valence-corrected chi connectivity index (χ2v) is 5.73. The minimum absolute atomic E-state index is 0. The van der Waals surface area contributed by atoms with E-state index in [-0.39, 0.29) is 43.4 Å². The molecule has 1 aliphatic carbocycles. The van der Waals surface area contributed by atoms with Crippen LogP contribution >= 0.6 is 12.4 Å². The number of nitrogens with one attached hydrogen (secondary N) is 2. The van der Waals surface area contributed by atoms with Crippen molar-refractivity contribution < 1.29 is 19.1 Å². The van der Waals surface area contributed by atoms with Crippen LogP contribution in [-0.4, -0.2) is 38.1 Å². The van der Waals surface area contributed by atoms with Crippen LogP contribution in [-0.2, 0) is 16.1 Å². The molecule has 1 fully saturated rings. The lowest BCUT2D eigenvalue weighted by Gasteiger charge is -2.19. The van der Waals surface area contributed by atoms with Gasteiger partial charge < -0.3 is 25.8 Å². The summed E-state index contributed by atoms with van der Waals surface area (Å²) in [6, 6.07) is 5.60. The van der Waals surface area contributed by atoms with E-state index in [0.717, 1.165) is 18.4 Å². The standard InChI is InChI=1S/C17H25N3O4.ClH/c1-23-14-8-4-5-12(17(14)24-13-6-2-3-7-13)10-19-16(22)11-20-15(21)9-18;/h4-5,8,13H,2-3,6-7,9-11,18H2,1H3,(H,19,22)(H,20,21);1H. The zero-order chi connectivity index (χ0) is 17.4. The lowest BCUT2D eigenvalue weighted by molar-refractivity contribution is -0.125. The van der Waals surface area contributed by atoms with Crippen molar-refractivity contribution in [2.24, 2.45) is 5.73 Å². The molecule has 1 aliphatic rings. The highest BCUT2D eigenvalue weighted by molar-refractivity contribution is 5.85. The number of halogens is 1. The van der Waals surface area contributed by atoms with Gasteiger partial charge in [-0.15, -0.1) is 12.4 Å². The molecule has 0 aliphatic heterocycles. The van der Waals surface area contributed by atoms with Gasteiger partial charge in [0.15, 0.2) is 11.5 Å². The number of para-hydroxylation sites is 1. The summed E-state index contributed by atoms with van der Waals surface area (Å²) in [5.41, 5.74) is 6.03. The Morgan fingerprint density at radius 1 is 1.20 bits per heavy atom. The van der Waals surface area contributed by atoms with Crippen LogP contribution in [0.1, 0.15) is 31.2 Å². The van der Waals surface area contributed by atoms with E-state index in [0.29, 0.717) is 18.0 Å². The number of ether oxygens (including phenoxy) is 2. The molecule has 8 heteroatoms. The summed E-state index contributed by atoms with van der Waals surface area (Å²) in [6.45, 7) is 0.0674. The van der Waals surface area contributed by atoms with Gasteiger partial charge in [-0.1, -0.05) is 12.1 Å². The topological polar surface area (TPSA) is 103 Å². The van der Waals surface area contributed by atoms with Crippen molar-refractivity contribution in [3.05, 3.63) is 23.8 Å². The van der Waals surface area contributed by atoms with Crippen LogP contribution in [0.15, 0.2) is 18.2 Å². The highest BCUT2D eigenvalue weighted by atomic mass is 35.5. The fourth-order valence-corrected chi connectivity index (χ4v) is 2.68. The minimum atomic E-state index is -0.364. The monoisotopic (exact) mass is 371 g/mol. The molecular weight excluding hydrogens is 346 g/mol. The summed E-state index contributed by atoms with van der Waals surface area (Å²) in [5.74, 6) is 0.687. The summed E-state index contributed by atoms with van der Waals surface area (Å²) in [7, 11) is 1.60. The number of benzene rings is 1. The fraction of sp³-hybridized carbons (Fsp3) is 0.529. The summed E-state index contributed by atoms with van der Waals surface area (Å²) in [5, 5.41) is 5.20. The molecule has 140 valence electrons. The summed E-state index contributed by atoms with van der Waals surface area (Å²) in [6.07, 6.45) is 4.61. The maximum Gasteiger partial charge on any atom is 0.239 e. The maximum absolute atomic E-state index is 11.8. The molecule has 7 nitrogen and oxygen atoms in total. The van der Waals surface area contributed by atoms with E-state index in [2.05, 4.69) is 10.6 Å². The number of carbonyl (C=O) groups excluding carboxylic acids is 2. The van der Waals surface area contributed by atoms with Crippen molar-refractivity contribution in [2.75, 3.05) is 20.2 Å². The van der Waals surface area contributed by atoms with Gasteiger partial charge >= 0.3 is 0 Å². The van der Waals surface area contributed by atoms with E-state index in [1.165, 1.54) is 12.8 Å². The maximum atomic E-state index is 11.8. The van der Waals surface area contributed by atoms with Crippen LogP contribution < -0.4 is 25.8 Å². The number of hydrogen-bond donors (Lipinski definition) is 3. The molecule has 0 radical (unpaired) electrons. The number of carbonyl (C=O) groups is 2. The Balaban J connectivity index is 0.00000312. The molecule has 0 bridgehead atoms. The van der Waals surface area contributed by atoms with E-state index in [4.69, 9.17) is 15.2 Å². The minimum Gasteiger partial charge on any atom is -0.493 e. The Morgan fingerprint density at radius 2 is 1.92 bits per heavy atom. The van der Waals surface area contributed by atoms with Crippen LogP contribution in [0.5, 0.6) is 11.5 Å². The molecule has 0 atom stereocenters. The summed E-state index contributed by atoms with van der Waals surface area (Å²) < 4.78 is 11.5. The van der Waals surface area contributed by atoms with E-state index in [1.807, 2.05) is 18.2 Å². The van der Waals surface area contributed by atoms with Crippen LogP contribution in [0.3, 0.4) is 0 Å². The average molecular weight is 372 g/mol. The van der Waals surface area contributed by atoms with Crippen LogP contribution in [0.2, 0.25) is 0 Å². The molecule has 0 unspecified atom stereocenters. The number of nitrogens with two attached hydrogens (primary N) is 1. The Morgan fingerprint density at radius 3 is 2.56 bits per heavy atom. The first-order valence-corrected chi connectivity index (χ1v) is 8.20. The Kier molecular flexibility index (Phi) is 9.08. The SMILES string of the molecule is COc1cccc(CNC(=O)CNC(=O)CN)c1OC1CCCC1.Cl. The Hall–Kier alpha value is -1.99. The summed E-state index contributed by atoms with van der Waals surface area (Å²) >= 11 is 0. The van der Waals surface area contributed by atoms with Crippen molar-refractivity contribution >= 4 is 24.2 Å². The zero-order valence-corrected chi connectivity index (χ0v) is 15.2. The predicted octanol–water partition coefficient (Wildman–Crippen LogP) is 1.13. The van der Waals surface area contributed by atoms with Crippen molar-refractivity contribution in [1.29, 1.82) is 0 Å². The fourth-order valence-electron chi connectivity index (χ4n) is 2.68. The van der Waals surface area contributed by atoms with E-state index in [1.54, 1.807) is 7.11 Å². The first-order chi connectivity index (χ1) is 11.6. The van der Waals surface area contributed by atoms with Gasteiger partial charge in [0, 0.05) is 12.1 Å². The first-order valence-electron chi connectivity index (χ1n) is 8.20. The molecule has 0 aromatic heterocycles. The predicted molar refractivity (Wildman–Crippen MR) is 97.0 cm³/mol. The third kappa shape index (κ3) is 6.43. The highest BCUT2D eigenvalue weighted by Gasteiger charge is 2.20. The van der Waals surface area contributed by atoms with Gasteiger partial charge in [-0.05, 0) is 31.7 Å². The van der Waals surface area contributed by atoms with Gasteiger partial charge in [-0.2, -0.15) is 0 Å². The van der Waals surface area contributed by atoms with Gasteiger partial charge in [-0.3, -0.25) is 9.59 Å². The molecule has 1 aromatic rings. The smallest absolute Gasteiger partial charge is 0.239 e. The molecule has 0 spiro atoms. The van der Waals surface area contributed by atoms with E-state index >= 15 is 0 Å². The normalized spacial score (nSPS) is 13.7. The first kappa shape index (κ1) is 21.1. The molecule has 0 heterocycles. The van der Waals surface area contributed by atoms with Crippen LogP contribution in [0.25, 0.3) is 0 Å². The highest BCUT2D eigenvalue weighted by Crippen LogP contribution is 2.34. The largest absolute Gasteiger partial charge is 0.493 e. The number of amides is 2. The van der Waals surface area contributed by atoms with E-state index < -0.39 is 0 Å². The Bertz CT molecular complexity index is 577. The van der Waals surface area contributed by atoms with Gasteiger partial charge in [-0.25, -0.2) is 0 Å². The van der Waals surface area contributed by atoms with Crippen molar-refractivity contribution in [1.82, 2.24) is 10.6 Å². The summed E-state index contributed by atoms with van der Waals surface area (Å²) in [4.78, 5) is 22.9. The molecule has 4 N–H and O–H groups in total. The third-order valence-electron chi connectivity index (χ3n) is 3.97. The van der Waals surface area contributed by atoms with Gasteiger partial charge in [0.2, 0.25) is 11.8 Å². The molecular formula is C17H26ClN3O4. The van der Waals surface area contributed by atoms with Crippen molar-refractivity contribution in [3.8, 4) is 11.5 Å². The number of hydrogen-bond acceptors (Lipinski definition) is 5. The molecule has 2 rings (SSSR count). The molecule has 0 saturated heterocycles. The van der Waals surface area contributed by atoms with Gasteiger partial charge in [0.1, 0.15) is 0 Å². The number of methoxy groups -OCH3 is 1. The molecule has 25 heavy (non-hydrogen) atoms. The van der Waals surface area contributed by atoms with Gasteiger partial charge in [0.25, 0.3) is 0 Å². The number of rotatable bonds is 8. The lowest BCUT2D eigenvalue weighted by Crippen LogP contribution is -2.39. The van der Waals surface area contributed by atoms with Gasteiger partial charge in [0.05, 0.1) is 26.3 Å². The third-order valence-corrected chi connectivity index (χ3v) is 3.97. The van der Waals surface area contributed by atoms with Crippen molar-refractivity contribution in [3.63, 3.8) is 0 Å². The second kappa shape index (κ2) is 10.8. The molecule has 1 aromatic carbocycles. The second-order valence-electron chi connectivity index (χ2n) is 5.73. The lowest BCUT2D eigenvalue weighted by atomic mass is 10.1. The van der Waals surface area contributed by atoms with Crippen molar-refractivity contribution in [2.45, 2.75) is 38.3 Å². The molecule has 2 amide bonds. The molecule has 1 saturated carbocycles. The quantitative estimate of drug-likeness (QED) is 0.635. The Labute approximate surface area is 154 Å². The average Bonchev–Trinajstić information content (AvgIpc) is 3.11. The zero-order valence-electron chi connectivity index (χ0n) is 14.4.